The number of hydrogen-bond donors (Lipinski definition) is 1. The number of amides is 2. The summed E-state index contributed by atoms with van der Waals surface area (Å²) in [6.07, 6.45) is 1.49. The van der Waals surface area contributed by atoms with Crippen LogP contribution < -0.4 is 24.4 Å². The molecular formula is C23H23IN2O5S. The molecule has 1 heterocycles. The summed E-state index contributed by atoms with van der Waals surface area (Å²) >= 11 is 7.42. The van der Waals surface area contributed by atoms with Crippen LogP contribution in [0.4, 0.5) is 5.69 Å². The number of carbonyl (C=O) groups excluding carboxylic acids is 2. The van der Waals surface area contributed by atoms with E-state index in [1.807, 2.05) is 26.8 Å². The summed E-state index contributed by atoms with van der Waals surface area (Å²) in [5.74, 6) is 0.518. The fraction of sp³-hybridized carbons (Fsp3) is 0.261. The number of methoxy groups -OCH3 is 1. The number of carbonyl (C=O) groups is 2. The third-order valence-corrected chi connectivity index (χ3v) is 5.51. The second kappa shape index (κ2) is 10.3. The molecular weight excluding hydrogens is 543 g/mol. The fourth-order valence-corrected chi connectivity index (χ4v) is 4.17. The zero-order valence-electron chi connectivity index (χ0n) is 18.1. The number of nitrogens with one attached hydrogen (secondary N) is 1. The highest BCUT2D eigenvalue weighted by molar-refractivity contribution is 14.1. The predicted octanol–water partition coefficient (Wildman–Crippen LogP) is 4.32. The van der Waals surface area contributed by atoms with E-state index in [4.69, 9.17) is 26.4 Å². The van der Waals surface area contributed by atoms with Gasteiger partial charge in [-0.3, -0.25) is 14.9 Å². The van der Waals surface area contributed by atoms with Crippen molar-refractivity contribution < 1.29 is 23.8 Å². The number of nitrogens with zero attached hydrogens (tertiary/aromatic N) is 1. The second-order valence-electron chi connectivity index (χ2n) is 7.06. The Hall–Kier alpha value is -2.66. The van der Waals surface area contributed by atoms with Gasteiger partial charge in [0.2, 0.25) is 0 Å². The highest BCUT2D eigenvalue weighted by atomic mass is 127. The first-order valence-corrected chi connectivity index (χ1v) is 11.4. The van der Waals surface area contributed by atoms with E-state index in [1.165, 1.54) is 18.1 Å². The van der Waals surface area contributed by atoms with Crippen LogP contribution in [-0.2, 0) is 9.59 Å². The second-order valence-corrected chi connectivity index (χ2v) is 8.61. The molecule has 32 heavy (non-hydrogen) atoms. The van der Waals surface area contributed by atoms with Crippen molar-refractivity contribution in [1.29, 1.82) is 0 Å². The highest BCUT2D eigenvalue weighted by Crippen LogP contribution is 2.36. The molecule has 0 spiro atoms. The Morgan fingerprint density at radius 2 is 1.91 bits per heavy atom. The van der Waals surface area contributed by atoms with Crippen molar-refractivity contribution in [2.45, 2.75) is 26.9 Å². The molecule has 1 fully saturated rings. The van der Waals surface area contributed by atoms with Crippen LogP contribution in [0.15, 0.2) is 42.0 Å². The van der Waals surface area contributed by atoms with Crippen LogP contribution in [0.1, 0.15) is 26.3 Å². The smallest absolute Gasteiger partial charge is 0.270 e. The van der Waals surface area contributed by atoms with E-state index in [1.54, 1.807) is 30.3 Å². The average Bonchev–Trinajstić information content (AvgIpc) is 2.74. The third kappa shape index (κ3) is 5.04. The van der Waals surface area contributed by atoms with Crippen molar-refractivity contribution in [3.8, 4) is 17.2 Å². The molecule has 1 aliphatic rings. The molecule has 1 aliphatic heterocycles. The molecule has 7 nitrogen and oxygen atoms in total. The summed E-state index contributed by atoms with van der Waals surface area (Å²) < 4.78 is 17.8. The van der Waals surface area contributed by atoms with Gasteiger partial charge >= 0.3 is 0 Å². The summed E-state index contributed by atoms with van der Waals surface area (Å²) in [7, 11) is 1.50. The van der Waals surface area contributed by atoms with Crippen LogP contribution in [-0.4, -0.2) is 36.7 Å². The van der Waals surface area contributed by atoms with Crippen molar-refractivity contribution in [3.05, 3.63) is 51.1 Å². The molecule has 0 bridgehead atoms. The number of benzene rings is 2. The van der Waals surface area contributed by atoms with Crippen LogP contribution in [0.25, 0.3) is 6.08 Å². The summed E-state index contributed by atoms with van der Waals surface area (Å²) in [6, 6.07) is 10.5. The lowest BCUT2D eigenvalue weighted by molar-refractivity contribution is -0.122. The van der Waals surface area contributed by atoms with E-state index in [2.05, 4.69) is 27.9 Å². The van der Waals surface area contributed by atoms with Gasteiger partial charge in [-0.05, 0) is 91.5 Å². The highest BCUT2D eigenvalue weighted by Gasteiger charge is 2.35. The van der Waals surface area contributed by atoms with Crippen molar-refractivity contribution in [2.75, 3.05) is 18.6 Å². The maximum Gasteiger partial charge on any atom is 0.270 e. The van der Waals surface area contributed by atoms with Crippen molar-refractivity contribution in [3.63, 3.8) is 0 Å². The summed E-state index contributed by atoms with van der Waals surface area (Å²) in [6.45, 7) is 6.19. The minimum absolute atomic E-state index is 0.00748. The van der Waals surface area contributed by atoms with Gasteiger partial charge < -0.3 is 14.2 Å². The normalized spacial score (nSPS) is 15.2. The SMILES string of the molecule is CCOc1cc(/C=C2\C(=O)NC(=S)N(c3ccccc3OC)C2=O)cc(I)c1OC(C)C. The van der Waals surface area contributed by atoms with E-state index in [0.29, 0.717) is 35.1 Å². The van der Waals surface area contributed by atoms with Gasteiger partial charge in [0.25, 0.3) is 11.8 Å². The van der Waals surface area contributed by atoms with Gasteiger partial charge in [-0.25, -0.2) is 4.90 Å². The van der Waals surface area contributed by atoms with E-state index in [-0.39, 0.29) is 16.8 Å². The van der Waals surface area contributed by atoms with Crippen LogP contribution in [0, 0.1) is 3.57 Å². The van der Waals surface area contributed by atoms with Crippen LogP contribution >= 0.6 is 34.8 Å². The van der Waals surface area contributed by atoms with Crippen molar-refractivity contribution in [2.24, 2.45) is 0 Å². The molecule has 0 unspecified atom stereocenters. The maximum absolute atomic E-state index is 13.3. The Kier molecular flexibility index (Phi) is 7.73. The Morgan fingerprint density at radius 1 is 1.19 bits per heavy atom. The molecule has 0 saturated carbocycles. The number of ether oxygens (including phenoxy) is 3. The molecule has 2 aromatic carbocycles. The van der Waals surface area contributed by atoms with E-state index in [0.717, 1.165) is 3.57 Å². The standard InChI is InChI=1S/C23H23IN2O5S/c1-5-30-19-12-14(11-16(24)20(19)31-13(2)3)10-15-21(27)25-23(32)26(22(15)28)17-8-6-7-9-18(17)29-4/h6-13H,5H2,1-4H3,(H,25,27,32)/b15-10+. The lowest BCUT2D eigenvalue weighted by atomic mass is 10.1. The summed E-state index contributed by atoms with van der Waals surface area (Å²) in [5.41, 5.74) is 1.02. The van der Waals surface area contributed by atoms with Crippen molar-refractivity contribution >= 4 is 63.5 Å². The zero-order valence-corrected chi connectivity index (χ0v) is 21.1. The van der Waals surface area contributed by atoms with Crippen LogP contribution in [0.2, 0.25) is 0 Å². The van der Waals surface area contributed by atoms with E-state index < -0.39 is 11.8 Å². The van der Waals surface area contributed by atoms with Crippen LogP contribution in [0.5, 0.6) is 17.2 Å². The minimum Gasteiger partial charge on any atom is -0.495 e. The Labute approximate surface area is 205 Å². The van der Waals surface area contributed by atoms with Gasteiger partial charge in [0.15, 0.2) is 16.6 Å². The average molecular weight is 566 g/mol. The van der Waals surface area contributed by atoms with Crippen LogP contribution in [0.3, 0.4) is 0 Å². The minimum atomic E-state index is -0.568. The Bertz CT molecular complexity index is 1100. The lowest BCUT2D eigenvalue weighted by Gasteiger charge is -2.29. The molecule has 168 valence electrons. The number of rotatable bonds is 7. The number of para-hydroxylation sites is 2. The molecule has 1 saturated heterocycles. The molecule has 3 rings (SSSR count). The monoisotopic (exact) mass is 566 g/mol. The summed E-state index contributed by atoms with van der Waals surface area (Å²) in [4.78, 5) is 27.2. The van der Waals surface area contributed by atoms with Gasteiger partial charge in [-0.1, -0.05) is 12.1 Å². The lowest BCUT2D eigenvalue weighted by Crippen LogP contribution is -2.54. The predicted molar refractivity (Wildman–Crippen MR) is 135 cm³/mol. The Balaban J connectivity index is 2.06. The molecule has 0 radical (unpaired) electrons. The molecule has 0 aliphatic carbocycles. The first-order chi connectivity index (χ1) is 15.3. The zero-order chi connectivity index (χ0) is 23.4. The van der Waals surface area contributed by atoms with Gasteiger partial charge in [-0.15, -0.1) is 0 Å². The largest absolute Gasteiger partial charge is 0.495 e. The number of hydrogen-bond acceptors (Lipinski definition) is 6. The fourth-order valence-electron chi connectivity index (χ4n) is 3.14. The van der Waals surface area contributed by atoms with E-state index >= 15 is 0 Å². The van der Waals surface area contributed by atoms with Gasteiger partial charge in [0, 0.05) is 0 Å². The number of thiocarbonyl (C=S) groups is 1. The third-order valence-electron chi connectivity index (χ3n) is 4.42. The number of anilines is 1. The van der Waals surface area contributed by atoms with Crippen molar-refractivity contribution in [1.82, 2.24) is 5.32 Å². The first-order valence-electron chi connectivity index (χ1n) is 9.94. The molecule has 0 atom stereocenters. The quantitative estimate of drug-likeness (QED) is 0.233. The number of halogens is 1. The molecule has 2 aromatic rings. The first kappa shape index (κ1) is 24.0. The molecule has 1 N–H and O–H groups in total. The molecule has 2 amide bonds. The van der Waals surface area contributed by atoms with Gasteiger partial charge in [-0.2, -0.15) is 0 Å². The molecule has 9 heteroatoms. The molecule has 0 aromatic heterocycles. The van der Waals surface area contributed by atoms with Gasteiger partial charge in [0.05, 0.1) is 29.1 Å². The van der Waals surface area contributed by atoms with E-state index in [9.17, 15) is 9.59 Å². The van der Waals surface area contributed by atoms with Gasteiger partial charge in [0.1, 0.15) is 11.3 Å². The topological polar surface area (TPSA) is 77.1 Å². The Morgan fingerprint density at radius 3 is 2.56 bits per heavy atom. The summed E-state index contributed by atoms with van der Waals surface area (Å²) in [5, 5.41) is 2.58. The maximum atomic E-state index is 13.3.